The van der Waals surface area contributed by atoms with Crippen LogP contribution in [0.15, 0.2) is 12.4 Å². The summed E-state index contributed by atoms with van der Waals surface area (Å²) in [6.45, 7) is 5.45. The number of amides is 1. The van der Waals surface area contributed by atoms with Crippen LogP contribution in [0.1, 0.15) is 32.0 Å². The molecule has 0 aromatic carbocycles. The number of aromatic nitrogens is 2. The Bertz CT molecular complexity index is 480. The van der Waals surface area contributed by atoms with Crippen LogP contribution in [0.25, 0.3) is 0 Å². The third-order valence-electron chi connectivity index (χ3n) is 5.00. The van der Waals surface area contributed by atoms with Crippen LogP contribution in [-0.4, -0.2) is 35.2 Å². The lowest BCUT2D eigenvalue weighted by molar-refractivity contribution is -0.127. The number of carbonyl (C=O) groups excluding carboxylic acids is 1. The number of carbonyl (C=O) groups is 1. The smallest absolute Gasteiger partial charge is 0.223 e. The van der Waals surface area contributed by atoms with Crippen LogP contribution in [0.2, 0.25) is 0 Å². The van der Waals surface area contributed by atoms with E-state index in [1.165, 1.54) is 0 Å². The average Bonchev–Trinajstić information content (AvgIpc) is 3.00. The third-order valence-corrected chi connectivity index (χ3v) is 5.00. The van der Waals surface area contributed by atoms with Gasteiger partial charge in [0.1, 0.15) is 5.82 Å². The van der Waals surface area contributed by atoms with Gasteiger partial charge in [-0.3, -0.25) is 4.79 Å². The van der Waals surface area contributed by atoms with Gasteiger partial charge in [-0.15, -0.1) is 0 Å². The molecule has 0 radical (unpaired) electrons. The summed E-state index contributed by atoms with van der Waals surface area (Å²) in [5.41, 5.74) is 0. The molecule has 1 amide bonds. The van der Waals surface area contributed by atoms with Crippen LogP contribution in [0.4, 0.5) is 0 Å². The van der Waals surface area contributed by atoms with Gasteiger partial charge in [0.05, 0.1) is 0 Å². The maximum Gasteiger partial charge on any atom is 0.223 e. The SMILES string of the molecule is C[C@H](C(=O)NC[C@H]1CCn2ccnc2C1)C1CCOCC1. The third kappa shape index (κ3) is 3.46. The lowest BCUT2D eigenvalue weighted by Crippen LogP contribution is -2.39. The number of fused-ring (bicyclic) bond motifs is 1. The van der Waals surface area contributed by atoms with Gasteiger partial charge < -0.3 is 14.6 Å². The van der Waals surface area contributed by atoms with Crippen LogP contribution >= 0.6 is 0 Å². The first kappa shape index (κ1) is 14.6. The zero-order valence-corrected chi connectivity index (χ0v) is 12.8. The first-order valence-electron chi connectivity index (χ1n) is 8.09. The van der Waals surface area contributed by atoms with Crippen molar-refractivity contribution in [2.45, 2.75) is 39.2 Å². The van der Waals surface area contributed by atoms with Gasteiger partial charge in [0.2, 0.25) is 5.91 Å². The predicted molar refractivity (Wildman–Crippen MR) is 79.8 cm³/mol. The lowest BCUT2D eigenvalue weighted by Gasteiger charge is -2.28. The van der Waals surface area contributed by atoms with Gasteiger partial charge in [-0.1, -0.05) is 6.92 Å². The fourth-order valence-electron chi connectivity index (χ4n) is 3.43. The molecule has 1 fully saturated rings. The molecule has 1 N–H and O–H groups in total. The second-order valence-electron chi connectivity index (χ2n) is 6.38. The molecule has 0 bridgehead atoms. The molecule has 3 rings (SSSR count). The van der Waals surface area contributed by atoms with Crippen molar-refractivity contribution in [3.05, 3.63) is 18.2 Å². The Morgan fingerprint density at radius 3 is 3.10 bits per heavy atom. The summed E-state index contributed by atoms with van der Waals surface area (Å²) >= 11 is 0. The quantitative estimate of drug-likeness (QED) is 0.917. The second kappa shape index (κ2) is 6.60. The van der Waals surface area contributed by atoms with Gasteiger partial charge in [0.25, 0.3) is 0 Å². The Morgan fingerprint density at radius 1 is 1.48 bits per heavy atom. The molecule has 3 heterocycles. The van der Waals surface area contributed by atoms with Crippen LogP contribution in [0, 0.1) is 17.8 Å². The van der Waals surface area contributed by atoms with Gasteiger partial charge in [-0.25, -0.2) is 4.98 Å². The second-order valence-corrected chi connectivity index (χ2v) is 6.38. The van der Waals surface area contributed by atoms with Crippen molar-refractivity contribution < 1.29 is 9.53 Å². The van der Waals surface area contributed by atoms with Crippen molar-refractivity contribution in [2.75, 3.05) is 19.8 Å². The van der Waals surface area contributed by atoms with E-state index in [2.05, 4.69) is 21.8 Å². The van der Waals surface area contributed by atoms with E-state index in [4.69, 9.17) is 4.74 Å². The van der Waals surface area contributed by atoms with Crippen molar-refractivity contribution in [3.8, 4) is 0 Å². The molecule has 5 nitrogen and oxygen atoms in total. The van der Waals surface area contributed by atoms with Crippen molar-refractivity contribution in [2.24, 2.45) is 17.8 Å². The van der Waals surface area contributed by atoms with E-state index in [0.717, 1.165) is 57.8 Å². The molecule has 5 heteroatoms. The summed E-state index contributed by atoms with van der Waals surface area (Å²) in [5.74, 6) is 2.45. The highest BCUT2D eigenvalue weighted by Gasteiger charge is 2.27. The highest BCUT2D eigenvalue weighted by molar-refractivity contribution is 5.78. The first-order chi connectivity index (χ1) is 10.2. The van der Waals surface area contributed by atoms with Crippen LogP contribution < -0.4 is 5.32 Å². The molecule has 2 atom stereocenters. The van der Waals surface area contributed by atoms with Gasteiger partial charge >= 0.3 is 0 Å². The maximum absolute atomic E-state index is 12.3. The molecular formula is C16H25N3O2. The zero-order valence-electron chi connectivity index (χ0n) is 12.8. The Labute approximate surface area is 126 Å². The molecular weight excluding hydrogens is 266 g/mol. The monoisotopic (exact) mass is 291 g/mol. The number of imidazole rings is 1. The molecule has 1 aromatic rings. The number of hydrogen-bond acceptors (Lipinski definition) is 3. The number of rotatable bonds is 4. The number of nitrogens with one attached hydrogen (secondary N) is 1. The molecule has 116 valence electrons. The van der Waals surface area contributed by atoms with Crippen LogP contribution in [0.3, 0.4) is 0 Å². The summed E-state index contributed by atoms with van der Waals surface area (Å²) in [6, 6.07) is 0. The normalized spacial score (nSPS) is 24.3. The Kier molecular flexibility index (Phi) is 4.58. The van der Waals surface area contributed by atoms with E-state index in [-0.39, 0.29) is 11.8 Å². The Balaban J connectivity index is 1.45. The Morgan fingerprint density at radius 2 is 2.29 bits per heavy atom. The fourth-order valence-corrected chi connectivity index (χ4v) is 3.43. The molecule has 1 saturated heterocycles. The highest BCUT2D eigenvalue weighted by atomic mass is 16.5. The van der Waals surface area contributed by atoms with Crippen LogP contribution in [-0.2, 0) is 22.5 Å². The summed E-state index contributed by atoms with van der Waals surface area (Å²) in [7, 11) is 0. The molecule has 0 spiro atoms. The number of nitrogens with zero attached hydrogens (tertiary/aromatic N) is 2. The van der Waals surface area contributed by atoms with Crippen molar-refractivity contribution in [1.82, 2.24) is 14.9 Å². The molecule has 21 heavy (non-hydrogen) atoms. The number of ether oxygens (including phenoxy) is 1. The van der Waals surface area contributed by atoms with Crippen molar-refractivity contribution in [3.63, 3.8) is 0 Å². The summed E-state index contributed by atoms with van der Waals surface area (Å²) in [5, 5.41) is 3.16. The standard InChI is InChI=1S/C16H25N3O2/c1-12(14-3-8-21-9-4-14)16(20)18-11-13-2-6-19-7-5-17-15(19)10-13/h5,7,12-14H,2-4,6,8-11H2,1H3,(H,18,20)/t12-,13-/m0/s1. The van der Waals surface area contributed by atoms with Crippen molar-refractivity contribution >= 4 is 5.91 Å². The lowest BCUT2D eigenvalue weighted by atomic mass is 9.86. The van der Waals surface area contributed by atoms with Gasteiger partial charge in [0, 0.05) is 51.0 Å². The van der Waals surface area contributed by atoms with E-state index in [1.807, 2.05) is 12.4 Å². The minimum absolute atomic E-state index is 0.0967. The Hall–Kier alpha value is -1.36. The largest absolute Gasteiger partial charge is 0.381 e. The van der Waals surface area contributed by atoms with E-state index < -0.39 is 0 Å². The molecule has 0 saturated carbocycles. The van der Waals surface area contributed by atoms with E-state index in [1.54, 1.807) is 0 Å². The predicted octanol–water partition coefficient (Wildman–Crippen LogP) is 1.62. The fraction of sp³-hybridized carbons (Fsp3) is 0.750. The van der Waals surface area contributed by atoms with Gasteiger partial charge in [0.15, 0.2) is 0 Å². The zero-order chi connectivity index (χ0) is 14.7. The van der Waals surface area contributed by atoms with Gasteiger partial charge in [-0.05, 0) is 31.1 Å². The molecule has 0 aliphatic carbocycles. The average molecular weight is 291 g/mol. The first-order valence-corrected chi connectivity index (χ1v) is 8.09. The minimum Gasteiger partial charge on any atom is -0.381 e. The van der Waals surface area contributed by atoms with E-state index in [0.29, 0.717) is 11.8 Å². The highest BCUT2D eigenvalue weighted by Crippen LogP contribution is 2.24. The summed E-state index contributed by atoms with van der Waals surface area (Å²) in [6.07, 6.45) is 8.01. The van der Waals surface area contributed by atoms with E-state index in [9.17, 15) is 4.79 Å². The minimum atomic E-state index is 0.0967. The summed E-state index contributed by atoms with van der Waals surface area (Å²) in [4.78, 5) is 16.7. The topological polar surface area (TPSA) is 56.2 Å². The van der Waals surface area contributed by atoms with Gasteiger partial charge in [-0.2, -0.15) is 0 Å². The van der Waals surface area contributed by atoms with Crippen molar-refractivity contribution in [1.29, 1.82) is 0 Å². The van der Waals surface area contributed by atoms with E-state index >= 15 is 0 Å². The number of aryl methyl sites for hydroxylation is 1. The molecule has 0 unspecified atom stereocenters. The molecule has 2 aliphatic rings. The molecule has 1 aromatic heterocycles. The summed E-state index contributed by atoms with van der Waals surface area (Å²) < 4.78 is 7.58. The van der Waals surface area contributed by atoms with Crippen LogP contribution in [0.5, 0.6) is 0 Å². The maximum atomic E-state index is 12.3. The number of hydrogen-bond donors (Lipinski definition) is 1. The molecule has 2 aliphatic heterocycles.